The van der Waals surface area contributed by atoms with Crippen molar-refractivity contribution < 1.29 is 14.3 Å². The molecule has 0 unspecified atom stereocenters. The Morgan fingerprint density at radius 2 is 1.88 bits per heavy atom. The molecule has 0 fully saturated rings. The van der Waals surface area contributed by atoms with E-state index < -0.39 is 5.91 Å². The van der Waals surface area contributed by atoms with Gasteiger partial charge in [-0.1, -0.05) is 42.5 Å². The zero-order valence-corrected chi connectivity index (χ0v) is 15.0. The average Bonchev–Trinajstić information content (AvgIpc) is 2.69. The van der Waals surface area contributed by atoms with E-state index >= 15 is 0 Å². The Bertz CT molecular complexity index is 808. The monoisotopic (exact) mass is 350 g/mol. The van der Waals surface area contributed by atoms with Gasteiger partial charge in [0.05, 0.1) is 14.2 Å². The molecule has 0 atom stereocenters. The molecule has 2 aromatic carbocycles. The summed E-state index contributed by atoms with van der Waals surface area (Å²) in [5, 5.41) is 12.1. The van der Waals surface area contributed by atoms with Crippen LogP contribution in [0.1, 0.15) is 17.5 Å². The van der Waals surface area contributed by atoms with Gasteiger partial charge in [0, 0.05) is 12.1 Å². The van der Waals surface area contributed by atoms with Gasteiger partial charge >= 0.3 is 0 Å². The molecule has 5 nitrogen and oxygen atoms in total. The summed E-state index contributed by atoms with van der Waals surface area (Å²) in [5.41, 5.74) is 1.86. The lowest BCUT2D eigenvalue weighted by atomic mass is 10.1. The highest BCUT2D eigenvalue weighted by Gasteiger charge is 2.12. The van der Waals surface area contributed by atoms with E-state index in [0.717, 1.165) is 12.8 Å². The standard InChI is InChI=1S/C21H22N2O3/c1-25-19-12-6-11-17(20(19)26-2)14-18(15-22)21(24)23-13-7-10-16-8-4-3-5-9-16/h3-6,8-9,11-12,14H,7,10,13H2,1-2H3,(H,23,24)/b18-14-. The number of hydrogen-bond donors (Lipinski definition) is 1. The Morgan fingerprint density at radius 3 is 2.54 bits per heavy atom. The van der Waals surface area contributed by atoms with E-state index in [1.165, 1.54) is 25.9 Å². The second-order valence-corrected chi connectivity index (χ2v) is 5.60. The number of carbonyl (C=O) groups is 1. The lowest BCUT2D eigenvalue weighted by Gasteiger charge is -2.10. The van der Waals surface area contributed by atoms with Crippen LogP contribution in [0.5, 0.6) is 11.5 Å². The van der Waals surface area contributed by atoms with E-state index in [4.69, 9.17) is 9.47 Å². The molecule has 0 aliphatic carbocycles. The first-order valence-electron chi connectivity index (χ1n) is 8.34. The van der Waals surface area contributed by atoms with Crippen LogP contribution in [0.25, 0.3) is 6.08 Å². The number of rotatable bonds is 8. The van der Waals surface area contributed by atoms with Crippen molar-refractivity contribution in [3.05, 3.63) is 65.2 Å². The minimum absolute atomic E-state index is 0.0243. The number of methoxy groups -OCH3 is 2. The fourth-order valence-corrected chi connectivity index (χ4v) is 2.56. The second kappa shape index (κ2) is 9.90. The summed E-state index contributed by atoms with van der Waals surface area (Å²) in [6.07, 6.45) is 3.18. The third-order valence-electron chi connectivity index (χ3n) is 3.87. The number of ether oxygens (including phenoxy) is 2. The maximum atomic E-state index is 12.3. The molecule has 2 aromatic rings. The Morgan fingerprint density at radius 1 is 1.12 bits per heavy atom. The van der Waals surface area contributed by atoms with Gasteiger partial charge in [-0.25, -0.2) is 0 Å². The van der Waals surface area contributed by atoms with E-state index in [9.17, 15) is 10.1 Å². The van der Waals surface area contributed by atoms with Crippen molar-refractivity contribution in [3.8, 4) is 17.6 Å². The quantitative estimate of drug-likeness (QED) is 0.450. The fraction of sp³-hybridized carbons (Fsp3) is 0.238. The number of nitrogens with one attached hydrogen (secondary N) is 1. The molecule has 5 heteroatoms. The van der Waals surface area contributed by atoms with Crippen molar-refractivity contribution in [1.29, 1.82) is 5.26 Å². The normalized spacial score (nSPS) is 10.7. The summed E-state index contributed by atoms with van der Waals surface area (Å²) in [5.74, 6) is 0.631. The SMILES string of the molecule is COc1cccc(/C=C(/C#N)C(=O)NCCCc2ccccc2)c1OC. The first-order chi connectivity index (χ1) is 12.7. The molecule has 0 saturated heterocycles. The van der Waals surface area contributed by atoms with Crippen molar-refractivity contribution >= 4 is 12.0 Å². The van der Waals surface area contributed by atoms with Gasteiger partial charge in [0.25, 0.3) is 5.91 Å². The molecule has 0 heterocycles. The Balaban J connectivity index is 2.00. The molecule has 0 radical (unpaired) electrons. The molecule has 0 spiro atoms. The van der Waals surface area contributed by atoms with E-state index in [1.54, 1.807) is 18.2 Å². The maximum Gasteiger partial charge on any atom is 0.261 e. The summed E-state index contributed by atoms with van der Waals surface area (Å²) in [7, 11) is 3.06. The van der Waals surface area contributed by atoms with Crippen LogP contribution in [0.2, 0.25) is 0 Å². The number of nitrogens with zero attached hydrogens (tertiary/aromatic N) is 1. The highest BCUT2D eigenvalue weighted by atomic mass is 16.5. The van der Waals surface area contributed by atoms with Crippen molar-refractivity contribution in [2.45, 2.75) is 12.8 Å². The van der Waals surface area contributed by atoms with Crippen LogP contribution in [0.15, 0.2) is 54.1 Å². The summed E-state index contributed by atoms with van der Waals surface area (Å²) >= 11 is 0. The molecule has 0 bridgehead atoms. The van der Waals surface area contributed by atoms with Gasteiger partial charge in [0.2, 0.25) is 0 Å². The Labute approximate surface area is 153 Å². The maximum absolute atomic E-state index is 12.3. The average molecular weight is 350 g/mol. The van der Waals surface area contributed by atoms with Crippen LogP contribution in [0.3, 0.4) is 0 Å². The van der Waals surface area contributed by atoms with Crippen LogP contribution in [0, 0.1) is 11.3 Å². The predicted molar refractivity (Wildman–Crippen MR) is 101 cm³/mol. The van der Waals surface area contributed by atoms with Crippen molar-refractivity contribution in [3.63, 3.8) is 0 Å². The molecule has 26 heavy (non-hydrogen) atoms. The molecular weight excluding hydrogens is 328 g/mol. The highest BCUT2D eigenvalue weighted by molar-refractivity contribution is 6.02. The van der Waals surface area contributed by atoms with E-state index in [2.05, 4.69) is 17.4 Å². The van der Waals surface area contributed by atoms with Gasteiger partial charge in [0.1, 0.15) is 11.6 Å². The summed E-state index contributed by atoms with van der Waals surface area (Å²) in [6, 6.07) is 17.3. The van der Waals surface area contributed by atoms with E-state index in [0.29, 0.717) is 23.6 Å². The second-order valence-electron chi connectivity index (χ2n) is 5.60. The highest BCUT2D eigenvalue weighted by Crippen LogP contribution is 2.32. The van der Waals surface area contributed by atoms with Crippen LogP contribution in [-0.2, 0) is 11.2 Å². The van der Waals surface area contributed by atoms with Crippen LogP contribution < -0.4 is 14.8 Å². The summed E-state index contributed by atoms with van der Waals surface area (Å²) < 4.78 is 10.6. The predicted octanol–water partition coefficient (Wildman–Crippen LogP) is 3.36. The lowest BCUT2D eigenvalue weighted by molar-refractivity contribution is -0.117. The molecule has 1 N–H and O–H groups in total. The minimum atomic E-state index is -0.398. The topological polar surface area (TPSA) is 71.3 Å². The molecular formula is C21H22N2O3. The lowest BCUT2D eigenvalue weighted by Crippen LogP contribution is -2.25. The van der Waals surface area contributed by atoms with E-state index in [1.807, 2.05) is 24.3 Å². The number of benzene rings is 2. The zero-order valence-electron chi connectivity index (χ0n) is 15.0. The van der Waals surface area contributed by atoms with Crippen LogP contribution >= 0.6 is 0 Å². The third-order valence-corrected chi connectivity index (χ3v) is 3.87. The number of nitriles is 1. The van der Waals surface area contributed by atoms with Crippen molar-refractivity contribution in [2.75, 3.05) is 20.8 Å². The van der Waals surface area contributed by atoms with Gasteiger partial charge in [-0.3, -0.25) is 4.79 Å². The smallest absolute Gasteiger partial charge is 0.261 e. The number of aryl methyl sites for hydroxylation is 1. The summed E-state index contributed by atoms with van der Waals surface area (Å²) in [4.78, 5) is 12.3. The minimum Gasteiger partial charge on any atom is -0.493 e. The number of carbonyl (C=O) groups excluding carboxylic acids is 1. The molecule has 2 rings (SSSR count). The molecule has 0 saturated carbocycles. The molecule has 1 amide bonds. The van der Waals surface area contributed by atoms with Gasteiger partial charge in [0.15, 0.2) is 11.5 Å². The van der Waals surface area contributed by atoms with Crippen molar-refractivity contribution in [2.24, 2.45) is 0 Å². The molecule has 134 valence electrons. The third kappa shape index (κ3) is 5.12. The first-order valence-corrected chi connectivity index (χ1v) is 8.34. The van der Waals surface area contributed by atoms with Gasteiger partial charge < -0.3 is 14.8 Å². The van der Waals surface area contributed by atoms with E-state index in [-0.39, 0.29) is 5.57 Å². The number of hydrogen-bond acceptors (Lipinski definition) is 4. The number of amides is 1. The van der Waals surface area contributed by atoms with Crippen molar-refractivity contribution in [1.82, 2.24) is 5.32 Å². The van der Waals surface area contributed by atoms with Crippen LogP contribution in [-0.4, -0.2) is 26.7 Å². The summed E-state index contributed by atoms with van der Waals surface area (Å²) in [6.45, 7) is 0.502. The zero-order chi connectivity index (χ0) is 18.8. The van der Waals surface area contributed by atoms with Gasteiger partial charge in [-0.05, 0) is 30.5 Å². The Hall–Kier alpha value is -3.26. The van der Waals surface area contributed by atoms with Gasteiger partial charge in [-0.15, -0.1) is 0 Å². The first kappa shape index (κ1) is 19.1. The fourth-order valence-electron chi connectivity index (χ4n) is 2.56. The molecule has 0 aromatic heterocycles. The molecule has 0 aliphatic rings. The van der Waals surface area contributed by atoms with Crippen LogP contribution in [0.4, 0.5) is 0 Å². The molecule has 0 aliphatic heterocycles. The van der Waals surface area contributed by atoms with Gasteiger partial charge in [-0.2, -0.15) is 5.26 Å². The number of para-hydroxylation sites is 1. The largest absolute Gasteiger partial charge is 0.493 e. The Kier molecular flexibility index (Phi) is 7.26.